The molecule has 0 saturated carbocycles. The smallest absolute Gasteiger partial charge is 0.101 e. The average molecular weight is 170 g/mol. The second-order valence-corrected chi connectivity index (χ2v) is 3.17. The van der Waals surface area contributed by atoms with Crippen LogP contribution in [-0.4, -0.2) is 22.0 Å². The van der Waals surface area contributed by atoms with Gasteiger partial charge in [-0.2, -0.15) is 0 Å². The minimum atomic E-state index is -1.16. The average Bonchev–Trinajstić information content (AvgIpc) is 1.82. The van der Waals surface area contributed by atoms with Crippen LogP contribution in [-0.2, 0) is 0 Å². The summed E-state index contributed by atoms with van der Waals surface area (Å²) in [7, 11) is 0. The fraction of sp³-hybridized carbons (Fsp3) is 0.500. The molecule has 1 rings (SSSR count). The van der Waals surface area contributed by atoms with Crippen molar-refractivity contribution in [3.05, 3.63) is 24.0 Å². The Hall–Kier alpha value is -0.840. The molecule has 0 saturated heterocycles. The van der Waals surface area contributed by atoms with E-state index in [1.807, 2.05) is 0 Å². The number of hydrogen-bond donors (Lipinski definition) is 4. The molecule has 6 N–H and O–H groups in total. The van der Waals surface area contributed by atoms with Crippen molar-refractivity contribution in [2.45, 2.75) is 18.7 Å². The number of hydrogen-bond acceptors (Lipinski definition) is 4. The summed E-state index contributed by atoms with van der Waals surface area (Å²) in [5, 5.41) is 18.7. The predicted molar refractivity (Wildman–Crippen MR) is 46.1 cm³/mol. The molecule has 4 nitrogen and oxygen atoms in total. The van der Waals surface area contributed by atoms with Crippen molar-refractivity contribution in [2.24, 2.45) is 17.4 Å². The van der Waals surface area contributed by atoms with Crippen molar-refractivity contribution in [3.63, 3.8) is 0 Å². The van der Waals surface area contributed by atoms with Gasteiger partial charge in [-0.05, 0) is 19.1 Å². The van der Waals surface area contributed by atoms with Crippen LogP contribution in [0.15, 0.2) is 24.0 Å². The Bertz CT molecular complexity index is 231. The summed E-state index contributed by atoms with van der Waals surface area (Å²) in [5.41, 5.74) is 10.1. The maximum absolute atomic E-state index is 9.36. The van der Waals surface area contributed by atoms with Crippen molar-refractivity contribution in [3.8, 4) is 0 Å². The molecule has 1 aliphatic carbocycles. The van der Waals surface area contributed by atoms with Crippen LogP contribution < -0.4 is 11.5 Å². The van der Waals surface area contributed by atoms with E-state index in [1.165, 1.54) is 6.08 Å². The Morgan fingerprint density at radius 1 is 1.58 bits per heavy atom. The van der Waals surface area contributed by atoms with Gasteiger partial charge in [-0.15, -0.1) is 0 Å². The van der Waals surface area contributed by atoms with E-state index in [0.29, 0.717) is 0 Å². The van der Waals surface area contributed by atoms with Crippen molar-refractivity contribution < 1.29 is 10.2 Å². The number of rotatable bonds is 1. The molecule has 2 unspecified atom stereocenters. The molecule has 2 atom stereocenters. The van der Waals surface area contributed by atoms with E-state index in [4.69, 9.17) is 11.5 Å². The molecule has 0 radical (unpaired) electrons. The van der Waals surface area contributed by atoms with Gasteiger partial charge in [0.25, 0.3) is 0 Å². The van der Waals surface area contributed by atoms with Crippen LogP contribution in [0.3, 0.4) is 0 Å². The molecule has 0 amide bonds. The molecule has 1 aliphatic rings. The topological polar surface area (TPSA) is 92.5 Å². The molecule has 0 aromatic heterocycles. The third-order valence-corrected chi connectivity index (χ3v) is 1.99. The van der Waals surface area contributed by atoms with Crippen LogP contribution in [0.5, 0.6) is 0 Å². The fourth-order valence-electron chi connectivity index (χ4n) is 1.44. The summed E-state index contributed by atoms with van der Waals surface area (Å²) in [5.74, 6) is -0.597. The van der Waals surface area contributed by atoms with E-state index < -0.39 is 17.7 Å². The molecule has 0 aliphatic heterocycles. The monoisotopic (exact) mass is 170 g/mol. The molecule has 68 valence electrons. The second-order valence-electron chi connectivity index (χ2n) is 3.17. The van der Waals surface area contributed by atoms with Gasteiger partial charge in [0, 0.05) is 0 Å². The first-order chi connectivity index (χ1) is 5.45. The lowest BCUT2D eigenvalue weighted by Gasteiger charge is -2.34. The van der Waals surface area contributed by atoms with Crippen molar-refractivity contribution >= 4 is 0 Å². The van der Waals surface area contributed by atoms with Gasteiger partial charge in [0.15, 0.2) is 0 Å². The molecular formula is C8H14N2O2. The van der Waals surface area contributed by atoms with E-state index in [9.17, 15) is 10.2 Å². The lowest BCUT2D eigenvalue weighted by atomic mass is 9.84. The highest BCUT2D eigenvalue weighted by atomic mass is 16.3. The van der Waals surface area contributed by atoms with Crippen LogP contribution in [0, 0.1) is 5.92 Å². The highest BCUT2D eigenvalue weighted by Gasteiger charge is 2.36. The highest BCUT2D eigenvalue weighted by molar-refractivity contribution is 5.26. The van der Waals surface area contributed by atoms with Gasteiger partial charge in [0.05, 0.1) is 17.7 Å². The van der Waals surface area contributed by atoms with Gasteiger partial charge in [-0.25, -0.2) is 0 Å². The first-order valence-electron chi connectivity index (χ1n) is 3.79. The van der Waals surface area contributed by atoms with E-state index in [2.05, 4.69) is 0 Å². The van der Waals surface area contributed by atoms with Crippen LogP contribution in [0.4, 0.5) is 0 Å². The standard InChI is InChI=1S/C8H14N2O2/c1-5(11)7-6(12)3-2-4-8(7,9)10/h2-5,7,11-12H,9-10H2,1H3. The molecule has 0 aromatic carbocycles. The van der Waals surface area contributed by atoms with Crippen LogP contribution in [0.1, 0.15) is 6.92 Å². The molecule has 0 spiro atoms. The summed E-state index contributed by atoms with van der Waals surface area (Å²) in [6.07, 6.45) is 3.86. The molecule has 0 heterocycles. The van der Waals surface area contributed by atoms with Gasteiger partial charge >= 0.3 is 0 Å². The van der Waals surface area contributed by atoms with Gasteiger partial charge in [0.1, 0.15) is 5.76 Å². The highest BCUT2D eigenvalue weighted by Crippen LogP contribution is 2.25. The van der Waals surface area contributed by atoms with Gasteiger partial charge < -0.3 is 21.7 Å². The van der Waals surface area contributed by atoms with Crippen LogP contribution in [0.2, 0.25) is 0 Å². The number of allylic oxidation sites excluding steroid dienone is 2. The minimum absolute atomic E-state index is 0.0255. The maximum atomic E-state index is 9.36. The Morgan fingerprint density at radius 3 is 2.50 bits per heavy atom. The largest absolute Gasteiger partial charge is 0.512 e. The lowest BCUT2D eigenvalue weighted by Crippen LogP contribution is -2.58. The zero-order chi connectivity index (χ0) is 9.35. The van der Waals surface area contributed by atoms with E-state index in [1.54, 1.807) is 19.1 Å². The summed E-state index contributed by atoms with van der Waals surface area (Å²) in [6.45, 7) is 1.54. The Balaban J connectivity index is 2.95. The Labute approximate surface area is 71.2 Å². The van der Waals surface area contributed by atoms with Crippen molar-refractivity contribution in [1.29, 1.82) is 0 Å². The van der Waals surface area contributed by atoms with Crippen molar-refractivity contribution in [1.82, 2.24) is 0 Å². The van der Waals surface area contributed by atoms with Gasteiger partial charge in [-0.3, -0.25) is 0 Å². The zero-order valence-corrected chi connectivity index (χ0v) is 6.94. The van der Waals surface area contributed by atoms with Crippen molar-refractivity contribution in [2.75, 3.05) is 0 Å². The van der Waals surface area contributed by atoms with E-state index in [-0.39, 0.29) is 5.76 Å². The molecule has 12 heavy (non-hydrogen) atoms. The van der Waals surface area contributed by atoms with Gasteiger partial charge in [-0.1, -0.05) is 6.08 Å². The molecule has 4 heteroatoms. The first kappa shape index (κ1) is 9.25. The Kier molecular flexibility index (Phi) is 2.23. The van der Waals surface area contributed by atoms with Crippen LogP contribution in [0.25, 0.3) is 0 Å². The third kappa shape index (κ3) is 1.50. The molecule has 0 fully saturated rings. The summed E-state index contributed by atoms with van der Waals surface area (Å²) >= 11 is 0. The molecule has 0 aromatic rings. The fourth-order valence-corrected chi connectivity index (χ4v) is 1.44. The quantitative estimate of drug-likeness (QED) is 0.403. The number of aliphatic hydroxyl groups is 2. The molecular weight excluding hydrogens is 156 g/mol. The lowest BCUT2D eigenvalue weighted by molar-refractivity contribution is 0.0825. The third-order valence-electron chi connectivity index (χ3n) is 1.99. The summed E-state index contributed by atoms with van der Waals surface area (Å²) in [6, 6.07) is 0. The first-order valence-corrected chi connectivity index (χ1v) is 3.79. The SMILES string of the molecule is CC(O)C1C(O)=CC=CC1(N)N. The van der Waals surface area contributed by atoms with E-state index >= 15 is 0 Å². The molecule has 0 bridgehead atoms. The van der Waals surface area contributed by atoms with Crippen LogP contribution >= 0.6 is 0 Å². The zero-order valence-electron chi connectivity index (χ0n) is 6.94. The summed E-state index contributed by atoms with van der Waals surface area (Å²) in [4.78, 5) is 0. The normalized spacial score (nSPS) is 29.7. The summed E-state index contributed by atoms with van der Waals surface area (Å²) < 4.78 is 0. The Morgan fingerprint density at radius 2 is 2.17 bits per heavy atom. The van der Waals surface area contributed by atoms with E-state index in [0.717, 1.165) is 0 Å². The second kappa shape index (κ2) is 2.90. The predicted octanol–water partition coefficient (Wildman–Crippen LogP) is -0.391. The number of aliphatic hydroxyl groups excluding tert-OH is 2. The number of nitrogens with two attached hydrogens (primary N) is 2. The van der Waals surface area contributed by atoms with Gasteiger partial charge in [0.2, 0.25) is 0 Å². The minimum Gasteiger partial charge on any atom is -0.512 e. The maximum Gasteiger partial charge on any atom is 0.101 e.